The van der Waals surface area contributed by atoms with E-state index in [2.05, 4.69) is 4.98 Å². The fraction of sp³-hybridized carbons (Fsp3) is 0.0909. The predicted molar refractivity (Wildman–Crippen MR) is 51.2 cm³/mol. The Bertz CT molecular complexity index is 541. The molecule has 0 saturated carbocycles. The molecule has 2 aromatic rings. The first kappa shape index (κ1) is 8.64. The van der Waals surface area contributed by atoms with Crippen LogP contribution in [0.15, 0.2) is 24.4 Å². The van der Waals surface area contributed by atoms with Crippen molar-refractivity contribution in [3.8, 4) is 6.07 Å². The molecule has 14 heavy (non-hydrogen) atoms. The standard InChI is InChI=1S/C11H7FN2/c1-7-4-8(12)5-10-9(7)2-3-14-11(10)6-13/h2-5H,1H3. The molecule has 0 aliphatic rings. The van der Waals surface area contributed by atoms with Crippen molar-refractivity contribution in [1.29, 1.82) is 5.26 Å². The molecule has 0 aliphatic heterocycles. The second-order valence-corrected chi connectivity index (χ2v) is 3.09. The topological polar surface area (TPSA) is 36.7 Å². The molecule has 0 aliphatic carbocycles. The van der Waals surface area contributed by atoms with Gasteiger partial charge in [0.25, 0.3) is 0 Å². The molecule has 0 bridgehead atoms. The monoisotopic (exact) mass is 186 g/mol. The van der Waals surface area contributed by atoms with Crippen LogP contribution in [-0.4, -0.2) is 4.98 Å². The van der Waals surface area contributed by atoms with E-state index in [1.54, 1.807) is 12.3 Å². The predicted octanol–water partition coefficient (Wildman–Crippen LogP) is 2.55. The third kappa shape index (κ3) is 1.21. The van der Waals surface area contributed by atoms with Crippen LogP contribution in [0.1, 0.15) is 11.3 Å². The van der Waals surface area contributed by atoms with Crippen molar-refractivity contribution < 1.29 is 4.39 Å². The number of aryl methyl sites for hydroxylation is 1. The molecule has 2 nitrogen and oxygen atoms in total. The van der Waals surface area contributed by atoms with Gasteiger partial charge in [-0.05, 0) is 36.1 Å². The maximum Gasteiger partial charge on any atom is 0.148 e. The summed E-state index contributed by atoms with van der Waals surface area (Å²) in [7, 11) is 0. The minimum atomic E-state index is -0.334. The third-order valence-electron chi connectivity index (χ3n) is 2.16. The molecule has 1 aromatic heterocycles. The molecule has 0 spiro atoms. The van der Waals surface area contributed by atoms with E-state index < -0.39 is 0 Å². The van der Waals surface area contributed by atoms with Crippen molar-refractivity contribution in [1.82, 2.24) is 4.98 Å². The molecule has 0 unspecified atom stereocenters. The van der Waals surface area contributed by atoms with E-state index in [9.17, 15) is 4.39 Å². The van der Waals surface area contributed by atoms with Crippen molar-refractivity contribution in [2.75, 3.05) is 0 Å². The van der Waals surface area contributed by atoms with Crippen molar-refractivity contribution in [3.63, 3.8) is 0 Å². The van der Waals surface area contributed by atoms with Crippen molar-refractivity contribution in [2.45, 2.75) is 6.92 Å². The van der Waals surface area contributed by atoms with Gasteiger partial charge in [0.05, 0.1) is 0 Å². The average Bonchev–Trinajstić information content (AvgIpc) is 2.17. The Labute approximate surface area is 80.6 Å². The van der Waals surface area contributed by atoms with Gasteiger partial charge in [-0.25, -0.2) is 9.37 Å². The first-order valence-corrected chi connectivity index (χ1v) is 4.17. The fourth-order valence-electron chi connectivity index (χ4n) is 1.52. The Morgan fingerprint density at radius 2 is 2.14 bits per heavy atom. The Balaban J connectivity index is 2.95. The van der Waals surface area contributed by atoms with Crippen LogP contribution in [0.25, 0.3) is 10.8 Å². The second kappa shape index (κ2) is 3.08. The Morgan fingerprint density at radius 1 is 1.36 bits per heavy atom. The molecule has 0 N–H and O–H groups in total. The molecular formula is C11H7FN2. The van der Waals surface area contributed by atoms with Crippen LogP contribution in [0.5, 0.6) is 0 Å². The van der Waals surface area contributed by atoms with E-state index in [1.165, 1.54) is 12.1 Å². The van der Waals surface area contributed by atoms with Gasteiger partial charge in [0.15, 0.2) is 0 Å². The highest BCUT2D eigenvalue weighted by molar-refractivity contribution is 5.88. The Morgan fingerprint density at radius 3 is 2.86 bits per heavy atom. The Kier molecular flexibility index (Phi) is 1.90. The van der Waals surface area contributed by atoms with Crippen molar-refractivity contribution >= 4 is 10.8 Å². The fourth-order valence-corrected chi connectivity index (χ4v) is 1.52. The van der Waals surface area contributed by atoms with Crippen LogP contribution in [0, 0.1) is 24.1 Å². The number of benzene rings is 1. The van der Waals surface area contributed by atoms with Gasteiger partial charge < -0.3 is 0 Å². The van der Waals surface area contributed by atoms with Gasteiger partial charge >= 0.3 is 0 Å². The number of aromatic nitrogens is 1. The summed E-state index contributed by atoms with van der Waals surface area (Å²) < 4.78 is 13.1. The normalized spacial score (nSPS) is 10.1. The van der Waals surface area contributed by atoms with Crippen LogP contribution in [0.4, 0.5) is 4.39 Å². The van der Waals surface area contributed by atoms with Crippen molar-refractivity contribution in [3.05, 3.63) is 41.5 Å². The maximum atomic E-state index is 13.1. The molecule has 0 atom stereocenters. The minimum absolute atomic E-state index is 0.269. The lowest BCUT2D eigenvalue weighted by Crippen LogP contribution is -1.88. The largest absolute Gasteiger partial charge is 0.245 e. The van der Waals surface area contributed by atoms with E-state index in [0.29, 0.717) is 5.39 Å². The molecule has 0 amide bonds. The van der Waals surface area contributed by atoms with Gasteiger partial charge in [0.2, 0.25) is 0 Å². The first-order chi connectivity index (χ1) is 6.72. The van der Waals surface area contributed by atoms with Crippen LogP contribution >= 0.6 is 0 Å². The lowest BCUT2D eigenvalue weighted by atomic mass is 10.1. The molecule has 1 aromatic carbocycles. The Hall–Kier alpha value is -1.95. The number of nitriles is 1. The summed E-state index contributed by atoms with van der Waals surface area (Å²) in [4.78, 5) is 3.88. The highest BCUT2D eigenvalue weighted by Crippen LogP contribution is 2.21. The number of hydrogen-bond acceptors (Lipinski definition) is 2. The molecular weight excluding hydrogens is 179 g/mol. The molecule has 0 radical (unpaired) electrons. The van der Waals surface area contributed by atoms with E-state index in [4.69, 9.17) is 5.26 Å². The zero-order valence-corrected chi connectivity index (χ0v) is 7.58. The lowest BCUT2D eigenvalue weighted by Gasteiger charge is -2.02. The minimum Gasteiger partial charge on any atom is -0.245 e. The number of fused-ring (bicyclic) bond motifs is 1. The molecule has 0 fully saturated rings. The van der Waals surface area contributed by atoms with Gasteiger partial charge in [0, 0.05) is 11.6 Å². The summed E-state index contributed by atoms with van der Waals surface area (Å²) in [6.07, 6.45) is 1.56. The average molecular weight is 186 g/mol. The third-order valence-corrected chi connectivity index (χ3v) is 2.16. The number of halogens is 1. The number of hydrogen-bond donors (Lipinski definition) is 0. The summed E-state index contributed by atoms with van der Waals surface area (Å²) in [5.74, 6) is -0.334. The maximum absolute atomic E-state index is 13.1. The first-order valence-electron chi connectivity index (χ1n) is 4.17. The zero-order valence-electron chi connectivity index (χ0n) is 7.58. The number of nitrogens with zero attached hydrogens (tertiary/aromatic N) is 2. The van der Waals surface area contributed by atoms with E-state index in [-0.39, 0.29) is 11.5 Å². The highest BCUT2D eigenvalue weighted by atomic mass is 19.1. The van der Waals surface area contributed by atoms with Crippen molar-refractivity contribution in [2.24, 2.45) is 0 Å². The van der Waals surface area contributed by atoms with Gasteiger partial charge in [0.1, 0.15) is 17.6 Å². The van der Waals surface area contributed by atoms with Gasteiger partial charge in [-0.15, -0.1) is 0 Å². The van der Waals surface area contributed by atoms with Gasteiger partial charge in [-0.3, -0.25) is 0 Å². The highest BCUT2D eigenvalue weighted by Gasteiger charge is 2.05. The molecule has 68 valence electrons. The smallest absolute Gasteiger partial charge is 0.148 e. The lowest BCUT2D eigenvalue weighted by molar-refractivity contribution is 0.628. The number of rotatable bonds is 0. The summed E-state index contributed by atoms with van der Waals surface area (Å²) in [5.41, 5.74) is 1.09. The van der Waals surface area contributed by atoms with Crippen LogP contribution in [-0.2, 0) is 0 Å². The zero-order chi connectivity index (χ0) is 10.1. The van der Waals surface area contributed by atoms with E-state index >= 15 is 0 Å². The number of pyridine rings is 1. The summed E-state index contributed by atoms with van der Waals surface area (Å²) >= 11 is 0. The molecule has 1 heterocycles. The quantitative estimate of drug-likeness (QED) is 0.634. The molecule has 0 saturated heterocycles. The van der Waals surface area contributed by atoms with Crippen LogP contribution in [0.2, 0.25) is 0 Å². The van der Waals surface area contributed by atoms with Gasteiger partial charge in [-0.2, -0.15) is 5.26 Å². The molecule has 2 rings (SSSR count). The summed E-state index contributed by atoms with van der Waals surface area (Å²) in [6, 6.07) is 6.52. The molecule has 3 heteroatoms. The van der Waals surface area contributed by atoms with E-state index in [1.807, 2.05) is 13.0 Å². The van der Waals surface area contributed by atoms with Gasteiger partial charge in [-0.1, -0.05) is 0 Å². The summed E-state index contributed by atoms with van der Waals surface area (Å²) in [6.45, 7) is 1.81. The van der Waals surface area contributed by atoms with Crippen LogP contribution in [0.3, 0.4) is 0 Å². The SMILES string of the molecule is Cc1cc(F)cc2c(C#N)nccc12. The van der Waals surface area contributed by atoms with E-state index in [0.717, 1.165) is 10.9 Å². The second-order valence-electron chi connectivity index (χ2n) is 3.09. The summed E-state index contributed by atoms with van der Waals surface area (Å²) in [5, 5.41) is 10.2. The van der Waals surface area contributed by atoms with Crippen LogP contribution < -0.4 is 0 Å².